The second-order valence-corrected chi connectivity index (χ2v) is 5.13. The van der Waals surface area contributed by atoms with Crippen molar-refractivity contribution in [3.63, 3.8) is 0 Å². The first-order chi connectivity index (χ1) is 9.60. The van der Waals surface area contributed by atoms with E-state index in [1.807, 2.05) is 19.2 Å². The highest BCUT2D eigenvalue weighted by molar-refractivity contribution is 5.34. The second-order valence-electron chi connectivity index (χ2n) is 5.13. The number of aryl methyl sites for hydroxylation is 1. The Balaban J connectivity index is 2.11. The molecule has 0 atom stereocenters. The van der Waals surface area contributed by atoms with Crippen LogP contribution in [0.5, 0.6) is 0 Å². The number of hydrogen-bond acceptors (Lipinski definition) is 5. The van der Waals surface area contributed by atoms with Crippen LogP contribution in [0.3, 0.4) is 0 Å². The SMILES string of the molecule is Cc1cc(CNCC(C)C)cnc1-n1cnc(C#N)n1. The van der Waals surface area contributed by atoms with Crippen LogP contribution in [-0.2, 0) is 6.54 Å². The van der Waals surface area contributed by atoms with Crippen LogP contribution in [-0.4, -0.2) is 26.3 Å². The third kappa shape index (κ3) is 3.39. The van der Waals surface area contributed by atoms with Gasteiger partial charge >= 0.3 is 0 Å². The van der Waals surface area contributed by atoms with Gasteiger partial charge in [-0.15, -0.1) is 5.10 Å². The van der Waals surface area contributed by atoms with Gasteiger partial charge in [0, 0.05) is 12.7 Å². The number of nitrogens with one attached hydrogen (secondary N) is 1. The van der Waals surface area contributed by atoms with Crippen molar-refractivity contribution in [1.29, 1.82) is 5.26 Å². The molecule has 2 rings (SSSR count). The molecule has 1 N–H and O–H groups in total. The molecule has 104 valence electrons. The quantitative estimate of drug-likeness (QED) is 0.892. The first kappa shape index (κ1) is 14.2. The van der Waals surface area contributed by atoms with Gasteiger partial charge in [0.05, 0.1) is 0 Å². The minimum atomic E-state index is 0.147. The normalized spacial score (nSPS) is 10.8. The molecule has 0 unspecified atom stereocenters. The maximum absolute atomic E-state index is 8.74. The van der Waals surface area contributed by atoms with Crippen LogP contribution in [0.25, 0.3) is 5.82 Å². The summed E-state index contributed by atoms with van der Waals surface area (Å²) in [6.07, 6.45) is 3.33. The molecule has 6 heteroatoms. The molecule has 0 aromatic carbocycles. The summed E-state index contributed by atoms with van der Waals surface area (Å²) in [4.78, 5) is 8.29. The molecule has 0 spiro atoms. The summed E-state index contributed by atoms with van der Waals surface area (Å²) in [5.74, 6) is 1.48. The Morgan fingerprint density at radius 1 is 1.40 bits per heavy atom. The molecule has 2 aromatic heterocycles. The van der Waals surface area contributed by atoms with Crippen molar-refractivity contribution < 1.29 is 0 Å². The predicted octanol–water partition coefficient (Wildman–Crippen LogP) is 1.59. The number of aromatic nitrogens is 4. The number of rotatable bonds is 5. The zero-order chi connectivity index (χ0) is 14.5. The standard InChI is InChI=1S/C14H18N6/c1-10(2)6-16-7-12-4-11(3)14(17-8-12)20-9-18-13(5-15)19-20/h4,8-10,16H,6-7H2,1-3H3. The molecule has 6 nitrogen and oxygen atoms in total. The molecule has 0 aliphatic heterocycles. The highest BCUT2D eigenvalue weighted by Gasteiger charge is 2.07. The molecule has 0 saturated carbocycles. The Bertz CT molecular complexity index is 623. The van der Waals surface area contributed by atoms with Crippen molar-refractivity contribution >= 4 is 0 Å². The fourth-order valence-electron chi connectivity index (χ4n) is 1.88. The Morgan fingerprint density at radius 3 is 2.80 bits per heavy atom. The lowest BCUT2D eigenvalue weighted by molar-refractivity contribution is 0.551. The summed E-state index contributed by atoms with van der Waals surface area (Å²) in [7, 11) is 0. The van der Waals surface area contributed by atoms with E-state index in [4.69, 9.17) is 5.26 Å². The van der Waals surface area contributed by atoms with Crippen LogP contribution in [0, 0.1) is 24.2 Å². The summed E-state index contributed by atoms with van der Waals surface area (Å²) >= 11 is 0. The van der Waals surface area contributed by atoms with E-state index < -0.39 is 0 Å². The molecule has 0 aliphatic carbocycles. The van der Waals surface area contributed by atoms with E-state index in [9.17, 15) is 0 Å². The van der Waals surface area contributed by atoms with E-state index in [2.05, 4.69) is 40.3 Å². The molecule has 0 radical (unpaired) electrons. The Morgan fingerprint density at radius 2 is 2.20 bits per heavy atom. The third-order valence-electron chi connectivity index (χ3n) is 2.80. The molecule has 2 heterocycles. The van der Waals surface area contributed by atoms with Gasteiger partial charge in [-0.1, -0.05) is 13.8 Å². The molecular weight excluding hydrogens is 252 g/mol. The monoisotopic (exact) mass is 270 g/mol. The molecule has 2 aromatic rings. The van der Waals surface area contributed by atoms with Crippen LogP contribution in [0.15, 0.2) is 18.6 Å². The van der Waals surface area contributed by atoms with Gasteiger partial charge < -0.3 is 5.32 Å². The summed E-state index contributed by atoms with van der Waals surface area (Å²) in [6.45, 7) is 8.11. The van der Waals surface area contributed by atoms with Gasteiger partial charge in [-0.05, 0) is 36.6 Å². The zero-order valence-corrected chi connectivity index (χ0v) is 12.0. The van der Waals surface area contributed by atoms with Crippen molar-refractivity contribution in [3.8, 4) is 11.9 Å². The van der Waals surface area contributed by atoms with Crippen LogP contribution in [0.2, 0.25) is 0 Å². The van der Waals surface area contributed by atoms with Gasteiger partial charge in [-0.25, -0.2) is 14.6 Å². The topological polar surface area (TPSA) is 79.4 Å². The fourth-order valence-corrected chi connectivity index (χ4v) is 1.88. The summed E-state index contributed by atoms with van der Waals surface area (Å²) < 4.78 is 1.53. The average Bonchev–Trinajstić information content (AvgIpc) is 2.87. The smallest absolute Gasteiger partial charge is 0.252 e. The number of nitrogens with zero attached hydrogens (tertiary/aromatic N) is 5. The Labute approximate surface area is 118 Å². The van der Waals surface area contributed by atoms with Crippen LogP contribution >= 0.6 is 0 Å². The minimum absolute atomic E-state index is 0.147. The lowest BCUT2D eigenvalue weighted by Crippen LogP contribution is -2.19. The van der Waals surface area contributed by atoms with Crippen LogP contribution < -0.4 is 5.32 Å². The van der Waals surface area contributed by atoms with Gasteiger partial charge in [0.25, 0.3) is 5.82 Å². The highest BCUT2D eigenvalue weighted by Crippen LogP contribution is 2.11. The average molecular weight is 270 g/mol. The largest absolute Gasteiger partial charge is 0.312 e. The van der Waals surface area contributed by atoms with Crippen molar-refractivity contribution in [2.45, 2.75) is 27.3 Å². The summed E-state index contributed by atoms with van der Waals surface area (Å²) in [5.41, 5.74) is 2.13. The third-order valence-corrected chi connectivity index (χ3v) is 2.80. The van der Waals surface area contributed by atoms with E-state index in [-0.39, 0.29) is 5.82 Å². The Kier molecular flexibility index (Phi) is 4.43. The molecule has 20 heavy (non-hydrogen) atoms. The van der Waals surface area contributed by atoms with E-state index in [0.717, 1.165) is 24.2 Å². The van der Waals surface area contributed by atoms with Crippen LogP contribution in [0.4, 0.5) is 0 Å². The molecule has 0 saturated heterocycles. The lowest BCUT2D eigenvalue weighted by atomic mass is 10.2. The zero-order valence-electron chi connectivity index (χ0n) is 12.0. The highest BCUT2D eigenvalue weighted by atomic mass is 15.4. The summed E-state index contributed by atoms with van der Waals surface area (Å²) in [6, 6.07) is 3.98. The van der Waals surface area contributed by atoms with Gasteiger partial charge in [0.2, 0.25) is 0 Å². The Hall–Kier alpha value is -2.26. The lowest BCUT2D eigenvalue weighted by Gasteiger charge is -2.09. The van der Waals surface area contributed by atoms with Gasteiger partial charge in [0.15, 0.2) is 5.82 Å². The number of nitriles is 1. The summed E-state index contributed by atoms with van der Waals surface area (Å²) in [5, 5.41) is 16.2. The number of pyridine rings is 1. The van der Waals surface area contributed by atoms with Crippen molar-refractivity contribution in [1.82, 2.24) is 25.1 Å². The van der Waals surface area contributed by atoms with Crippen molar-refractivity contribution in [2.24, 2.45) is 5.92 Å². The molecular formula is C14H18N6. The minimum Gasteiger partial charge on any atom is -0.312 e. The van der Waals surface area contributed by atoms with E-state index in [1.165, 1.54) is 11.0 Å². The number of hydrogen-bond donors (Lipinski definition) is 1. The molecule has 0 fully saturated rings. The van der Waals surface area contributed by atoms with E-state index >= 15 is 0 Å². The molecule has 0 bridgehead atoms. The van der Waals surface area contributed by atoms with Crippen LogP contribution in [0.1, 0.15) is 30.8 Å². The van der Waals surface area contributed by atoms with E-state index in [0.29, 0.717) is 11.7 Å². The maximum Gasteiger partial charge on any atom is 0.252 e. The molecule has 0 aliphatic rings. The first-order valence-electron chi connectivity index (χ1n) is 6.58. The van der Waals surface area contributed by atoms with Gasteiger partial charge in [-0.2, -0.15) is 5.26 Å². The van der Waals surface area contributed by atoms with E-state index in [1.54, 1.807) is 0 Å². The van der Waals surface area contributed by atoms with Crippen molar-refractivity contribution in [2.75, 3.05) is 6.54 Å². The van der Waals surface area contributed by atoms with Crippen molar-refractivity contribution in [3.05, 3.63) is 35.5 Å². The molecule has 0 amide bonds. The van der Waals surface area contributed by atoms with Gasteiger partial charge in [0.1, 0.15) is 12.4 Å². The maximum atomic E-state index is 8.74. The first-order valence-corrected chi connectivity index (χ1v) is 6.58. The predicted molar refractivity (Wildman–Crippen MR) is 75.2 cm³/mol. The van der Waals surface area contributed by atoms with Gasteiger partial charge in [-0.3, -0.25) is 0 Å². The fraction of sp³-hybridized carbons (Fsp3) is 0.429. The second kappa shape index (κ2) is 6.26.